The fraction of sp³-hybridized carbons (Fsp3) is 0.172. The number of pyridine rings is 1. The molecule has 5 rings (SSSR count). The first-order valence-corrected chi connectivity index (χ1v) is 12.7. The number of carbonyl (C=O) groups excluding carboxylic acids is 2. The number of rotatable bonds is 8. The quantitative estimate of drug-likeness (QED) is 0.244. The van der Waals surface area contributed by atoms with Gasteiger partial charge in [0, 0.05) is 42.4 Å². The number of amides is 1. The van der Waals surface area contributed by atoms with Crippen molar-refractivity contribution in [2.75, 3.05) is 19.0 Å². The Bertz CT molecular complexity index is 1480. The van der Waals surface area contributed by atoms with E-state index in [0.717, 1.165) is 17.1 Å². The van der Waals surface area contributed by atoms with Gasteiger partial charge in [-0.25, -0.2) is 9.18 Å². The van der Waals surface area contributed by atoms with Gasteiger partial charge in [0.15, 0.2) is 5.11 Å². The van der Waals surface area contributed by atoms with Gasteiger partial charge in [0.25, 0.3) is 0 Å². The van der Waals surface area contributed by atoms with E-state index in [-0.39, 0.29) is 30.2 Å². The first-order valence-electron chi connectivity index (χ1n) is 12.3. The lowest BCUT2D eigenvalue weighted by Crippen LogP contribution is -2.33. The number of halogens is 1. The number of ether oxygens (including phenoxy) is 1. The van der Waals surface area contributed by atoms with Crippen molar-refractivity contribution < 1.29 is 18.7 Å². The molecule has 0 spiro atoms. The van der Waals surface area contributed by atoms with Crippen LogP contribution in [-0.4, -0.2) is 45.1 Å². The number of thiocarbonyl (C=S) groups is 1. The fourth-order valence-corrected chi connectivity index (χ4v) is 5.02. The van der Waals surface area contributed by atoms with E-state index in [4.69, 9.17) is 17.0 Å². The molecule has 0 radical (unpaired) electrons. The van der Waals surface area contributed by atoms with Gasteiger partial charge < -0.3 is 24.8 Å². The van der Waals surface area contributed by atoms with Gasteiger partial charge in [0.2, 0.25) is 5.91 Å². The summed E-state index contributed by atoms with van der Waals surface area (Å²) in [5.41, 5.74) is 3.59. The van der Waals surface area contributed by atoms with Crippen LogP contribution in [-0.2, 0) is 9.53 Å². The summed E-state index contributed by atoms with van der Waals surface area (Å²) in [6, 6.07) is 21.9. The number of nitrogens with zero attached hydrogens (tertiary/aromatic N) is 3. The topological polar surface area (TPSA) is 88.5 Å². The van der Waals surface area contributed by atoms with E-state index in [1.165, 1.54) is 31.4 Å². The van der Waals surface area contributed by atoms with Gasteiger partial charge >= 0.3 is 5.97 Å². The molecule has 39 heavy (non-hydrogen) atoms. The molecule has 0 aliphatic carbocycles. The number of aromatic nitrogens is 2. The zero-order chi connectivity index (χ0) is 27.4. The van der Waals surface area contributed by atoms with Gasteiger partial charge in [-0.15, -0.1) is 0 Å². The third-order valence-electron chi connectivity index (χ3n) is 6.56. The second-order valence-corrected chi connectivity index (χ2v) is 9.35. The van der Waals surface area contributed by atoms with Crippen molar-refractivity contribution in [3.63, 3.8) is 0 Å². The van der Waals surface area contributed by atoms with E-state index < -0.39 is 5.97 Å². The Kier molecular flexibility index (Phi) is 7.64. The summed E-state index contributed by atoms with van der Waals surface area (Å²) < 4.78 is 20.1. The highest BCUT2D eigenvalue weighted by Crippen LogP contribution is 2.39. The summed E-state index contributed by atoms with van der Waals surface area (Å²) in [7, 11) is 1.35. The van der Waals surface area contributed by atoms with Crippen LogP contribution in [0.5, 0.6) is 0 Å². The van der Waals surface area contributed by atoms with Crippen LogP contribution >= 0.6 is 12.2 Å². The van der Waals surface area contributed by atoms with Crippen molar-refractivity contribution in [3.05, 3.63) is 114 Å². The number of methoxy groups -OCH3 is 1. The molecule has 1 amide bonds. The molecule has 8 nitrogen and oxygen atoms in total. The number of nitrogens with one attached hydrogen (secondary N) is 2. The van der Waals surface area contributed by atoms with Gasteiger partial charge in [0.1, 0.15) is 5.82 Å². The Morgan fingerprint density at radius 1 is 1.05 bits per heavy atom. The molecule has 3 heterocycles. The number of hydrogen-bond acceptors (Lipinski definition) is 5. The molecule has 10 heteroatoms. The summed E-state index contributed by atoms with van der Waals surface area (Å²) >= 11 is 5.74. The van der Waals surface area contributed by atoms with Crippen molar-refractivity contribution in [2.45, 2.75) is 18.5 Å². The minimum atomic E-state index is -0.403. The third kappa shape index (κ3) is 5.65. The Hall–Kier alpha value is -4.57. The molecule has 1 aliphatic rings. The summed E-state index contributed by atoms with van der Waals surface area (Å²) in [5.74, 6) is -0.981. The Morgan fingerprint density at radius 3 is 2.51 bits per heavy atom. The van der Waals surface area contributed by atoms with Crippen LogP contribution in [0.2, 0.25) is 0 Å². The van der Waals surface area contributed by atoms with Gasteiger partial charge in [-0.3, -0.25) is 9.78 Å². The number of esters is 1. The lowest BCUT2D eigenvalue weighted by atomic mass is 10.0. The molecule has 2 N–H and O–H groups in total. The summed E-state index contributed by atoms with van der Waals surface area (Å²) in [6.07, 6.45) is 3.85. The normalized spacial score (nSPS) is 16.6. The molecular weight excluding hydrogens is 517 g/mol. The van der Waals surface area contributed by atoms with Crippen LogP contribution in [0.25, 0.3) is 5.69 Å². The largest absolute Gasteiger partial charge is 0.465 e. The third-order valence-corrected chi connectivity index (χ3v) is 6.91. The van der Waals surface area contributed by atoms with E-state index in [2.05, 4.69) is 15.6 Å². The van der Waals surface area contributed by atoms with E-state index in [1.54, 1.807) is 18.3 Å². The molecule has 198 valence electrons. The van der Waals surface area contributed by atoms with Crippen LogP contribution in [0.4, 0.5) is 10.1 Å². The molecule has 1 aliphatic heterocycles. The lowest BCUT2D eigenvalue weighted by Gasteiger charge is -2.29. The molecule has 0 unspecified atom stereocenters. The van der Waals surface area contributed by atoms with Crippen LogP contribution in [0.3, 0.4) is 0 Å². The highest BCUT2D eigenvalue weighted by Gasteiger charge is 2.41. The molecule has 1 saturated heterocycles. The fourth-order valence-electron chi connectivity index (χ4n) is 4.69. The van der Waals surface area contributed by atoms with E-state index in [9.17, 15) is 14.0 Å². The second kappa shape index (κ2) is 11.4. The molecule has 2 aromatic carbocycles. The highest BCUT2D eigenvalue weighted by molar-refractivity contribution is 7.80. The summed E-state index contributed by atoms with van der Waals surface area (Å²) in [4.78, 5) is 31.2. The van der Waals surface area contributed by atoms with Crippen molar-refractivity contribution in [2.24, 2.45) is 0 Å². The van der Waals surface area contributed by atoms with Gasteiger partial charge in [0.05, 0.1) is 30.5 Å². The Balaban J connectivity index is 1.43. The minimum absolute atomic E-state index is 0.166. The molecular formula is C29H26FN5O3S. The molecule has 2 aromatic heterocycles. The zero-order valence-corrected chi connectivity index (χ0v) is 21.9. The maximum atomic E-state index is 13.2. The first kappa shape index (κ1) is 26.1. The average Bonchev–Trinajstić information content (AvgIpc) is 3.57. The SMILES string of the molecule is COC(=O)c1ccc(-n2cccc2[C@@H]2[C@H](c3ccccn3)NC(=S)N2CCC(=O)Nc2ccc(F)cc2)cc1. The van der Waals surface area contributed by atoms with Gasteiger partial charge in [-0.2, -0.15) is 0 Å². The van der Waals surface area contributed by atoms with Crippen LogP contribution in [0, 0.1) is 5.82 Å². The second-order valence-electron chi connectivity index (χ2n) is 8.97. The van der Waals surface area contributed by atoms with Gasteiger partial charge in [-0.1, -0.05) is 6.07 Å². The highest BCUT2D eigenvalue weighted by atomic mass is 32.1. The molecule has 0 bridgehead atoms. The van der Waals surface area contributed by atoms with Crippen LogP contribution in [0.1, 0.15) is 40.3 Å². The zero-order valence-electron chi connectivity index (χ0n) is 21.1. The number of benzene rings is 2. The van der Waals surface area contributed by atoms with E-state index >= 15 is 0 Å². The van der Waals surface area contributed by atoms with Crippen molar-refractivity contribution in [1.82, 2.24) is 19.8 Å². The number of carbonyl (C=O) groups is 2. The summed E-state index contributed by atoms with van der Waals surface area (Å²) in [5, 5.41) is 6.71. The van der Waals surface area contributed by atoms with Crippen molar-refractivity contribution in [1.29, 1.82) is 0 Å². The molecule has 4 aromatic rings. The minimum Gasteiger partial charge on any atom is -0.465 e. The standard InChI is InChI=1S/C29H26FN5O3S/c1-38-28(37)19-7-13-22(14-8-19)34-17-4-6-24(34)27-26(23-5-2-3-16-31-23)33-29(39)35(27)18-15-25(36)32-21-11-9-20(30)10-12-21/h2-14,16-17,26-27H,15,18H2,1H3,(H,32,36)(H,33,39)/t26-,27+/m0/s1. The summed E-state index contributed by atoms with van der Waals surface area (Å²) in [6.45, 7) is 0.347. The van der Waals surface area contributed by atoms with Crippen LogP contribution in [0.15, 0.2) is 91.3 Å². The van der Waals surface area contributed by atoms with Gasteiger partial charge in [-0.05, 0) is 85.0 Å². The Labute approximate surface area is 230 Å². The number of hydrogen-bond donors (Lipinski definition) is 2. The average molecular weight is 544 g/mol. The first-order chi connectivity index (χ1) is 18.9. The molecule has 2 atom stereocenters. The van der Waals surface area contributed by atoms with Crippen molar-refractivity contribution >= 4 is 34.9 Å². The monoisotopic (exact) mass is 543 g/mol. The van der Waals surface area contributed by atoms with E-state index in [1.807, 2.05) is 58.1 Å². The lowest BCUT2D eigenvalue weighted by molar-refractivity contribution is -0.116. The Morgan fingerprint density at radius 2 is 1.82 bits per heavy atom. The maximum absolute atomic E-state index is 13.2. The predicted octanol–water partition coefficient (Wildman–Crippen LogP) is 4.80. The van der Waals surface area contributed by atoms with E-state index in [0.29, 0.717) is 22.9 Å². The smallest absolute Gasteiger partial charge is 0.337 e. The predicted molar refractivity (Wildman–Crippen MR) is 149 cm³/mol. The molecule has 0 saturated carbocycles. The molecule has 1 fully saturated rings. The number of anilines is 1. The maximum Gasteiger partial charge on any atom is 0.337 e. The van der Waals surface area contributed by atoms with Crippen LogP contribution < -0.4 is 10.6 Å². The van der Waals surface area contributed by atoms with Crippen molar-refractivity contribution in [3.8, 4) is 5.69 Å².